The van der Waals surface area contributed by atoms with Gasteiger partial charge in [-0.1, -0.05) is 70.2 Å². The maximum atomic E-state index is 14.2. The van der Waals surface area contributed by atoms with Gasteiger partial charge in [0.1, 0.15) is 23.9 Å². The molecule has 2 heterocycles. The van der Waals surface area contributed by atoms with Gasteiger partial charge in [-0.25, -0.2) is 0 Å². The van der Waals surface area contributed by atoms with E-state index >= 15 is 0 Å². The number of Topliss-reactive ketones (excluding diaryl/α,β-unsaturated/α-hetero) is 2. The highest BCUT2D eigenvalue weighted by Gasteiger charge is 2.37. The fourth-order valence-corrected chi connectivity index (χ4v) is 5.98. The highest BCUT2D eigenvalue weighted by Crippen LogP contribution is 2.30. The molecule has 1 amide bonds. The van der Waals surface area contributed by atoms with Crippen molar-refractivity contribution in [3.8, 4) is 5.75 Å². The number of fused-ring (bicyclic) bond motifs is 19. The van der Waals surface area contributed by atoms with Crippen LogP contribution in [-0.4, -0.2) is 74.3 Å². The second-order valence-corrected chi connectivity index (χ2v) is 13.4. The van der Waals surface area contributed by atoms with Gasteiger partial charge in [-0.2, -0.15) is 0 Å². The number of amides is 1. The van der Waals surface area contributed by atoms with Crippen LogP contribution in [-0.2, 0) is 36.7 Å². The van der Waals surface area contributed by atoms with Gasteiger partial charge in [-0.3, -0.25) is 14.4 Å². The van der Waals surface area contributed by atoms with Crippen molar-refractivity contribution in [3.63, 3.8) is 0 Å². The molecule has 0 spiro atoms. The van der Waals surface area contributed by atoms with Crippen LogP contribution in [0.4, 0.5) is 0 Å². The largest absolute Gasteiger partial charge is 0.491 e. The van der Waals surface area contributed by atoms with Crippen molar-refractivity contribution in [1.29, 1.82) is 0 Å². The van der Waals surface area contributed by atoms with E-state index < -0.39 is 29.9 Å². The van der Waals surface area contributed by atoms with E-state index in [1.165, 1.54) is 0 Å². The number of benzene rings is 2. The molecule has 0 aliphatic carbocycles. The quantitative estimate of drug-likeness (QED) is 0.359. The van der Waals surface area contributed by atoms with Crippen molar-refractivity contribution < 1.29 is 33.7 Å². The summed E-state index contributed by atoms with van der Waals surface area (Å²) in [7, 11) is 0. The van der Waals surface area contributed by atoms with Gasteiger partial charge in [0.05, 0.1) is 25.4 Å². The third kappa shape index (κ3) is 13.1. The number of nitrogens with two attached hydrogens (primary N) is 1. The van der Waals surface area contributed by atoms with E-state index in [4.69, 9.17) is 19.9 Å². The second kappa shape index (κ2) is 20.3. The summed E-state index contributed by atoms with van der Waals surface area (Å²) in [6.45, 7) is 10.3. The number of carbonyl (C=O) groups is 3. The third-order valence-electron chi connectivity index (χ3n) is 9.05. The zero-order valence-corrected chi connectivity index (χ0v) is 28.7. The fraction of sp³-hybridized carbons (Fsp3) is 0.605. The van der Waals surface area contributed by atoms with Crippen LogP contribution in [0.3, 0.4) is 0 Å². The van der Waals surface area contributed by atoms with Crippen LogP contribution in [0.15, 0.2) is 54.6 Å². The molecule has 9 nitrogen and oxygen atoms in total. The Bertz CT molecular complexity index is 1220. The Morgan fingerprint density at radius 1 is 0.915 bits per heavy atom. The first-order chi connectivity index (χ1) is 22.6. The summed E-state index contributed by atoms with van der Waals surface area (Å²) in [6.07, 6.45) is 0.996. The monoisotopic (exact) mass is 652 g/mol. The van der Waals surface area contributed by atoms with Crippen molar-refractivity contribution >= 4 is 17.5 Å². The van der Waals surface area contributed by atoms with Crippen molar-refractivity contribution in [2.75, 3.05) is 39.6 Å². The molecule has 0 saturated heterocycles. The Hall–Kier alpha value is -3.11. The molecule has 0 unspecified atom stereocenters. The van der Waals surface area contributed by atoms with E-state index in [0.29, 0.717) is 58.8 Å². The zero-order chi connectivity index (χ0) is 34.2. The summed E-state index contributed by atoms with van der Waals surface area (Å²) in [5.74, 6) is -1.81. The van der Waals surface area contributed by atoms with Gasteiger partial charge in [-0.05, 0) is 66.7 Å². The lowest BCUT2D eigenvalue weighted by Crippen LogP contribution is -2.43. The van der Waals surface area contributed by atoms with Crippen molar-refractivity contribution in [1.82, 2.24) is 5.32 Å². The fourth-order valence-electron chi connectivity index (χ4n) is 5.98. The van der Waals surface area contributed by atoms with Crippen LogP contribution in [0.2, 0.25) is 0 Å². The van der Waals surface area contributed by atoms with Gasteiger partial charge < -0.3 is 30.4 Å². The minimum Gasteiger partial charge on any atom is -0.491 e. The lowest BCUT2D eigenvalue weighted by atomic mass is 9.76. The first-order valence-electron chi connectivity index (χ1n) is 17.2. The maximum absolute atomic E-state index is 14.2. The van der Waals surface area contributed by atoms with E-state index in [1.807, 2.05) is 82.3 Å². The van der Waals surface area contributed by atoms with E-state index in [1.54, 1.807) is 0 Å². The molecule has 47 heavy (non-hydrogen) atoms. The summed E-state index contributed by atoms with van der Waals surface area (Å²) in [5.41, 5.74) is 8.21. The second-order valence-electron chi connectivity index (χ2n) is 13.4. The van der Waals surface area contributed by atoms with E-state index in [9.17, 15) is 19.5 Å². The molecular weight excluding hydrogens is 596 g/mol. The number of aliphatic hydroxyl groups excluding tert-OH is 1. The van der Waals surface area contributed by atoms with Crippen molar-refractivity contribution in [3.05, 3.63) is 65.7 Å². The number of ketones is 2. The number of carbonyl (C=O) groups excluding carboxylic acids is 3. The predicted molar refractivity (Wildman–Crippen MR) is 183 cm³/mol. The van der Waals surface area contributed by atoms with Gasteiger partial charge in [0.15, 0.2) is 0 Å². The Morgan fingerprint density at radius 2 is 1.60 bits per heavy atom. The molecule has 2 aromatic carbocycles. The van der Waals surface area contributed by atoms with Gasteiger partial charge in [0, 0.05) is 44.4 Å². The number of rotatable bonds is 9. The molecular formula is C38H56N2O7. The highest BCUT2D eigenvalue weighted by molar-refractivity contribution is 5.89. The Balaban J connectivity index is 1.90. The van der Waals surface area contributed by atoms with E-state index in [2.05, 4.69) is 5.32 Å². The smallest absolute Gasteiger partial charge is 0.223 e. The van der Waals surface area contributed by atoms with Gasteiger partial charge in [0.25, 0.3) is 0 Å². The SMILES string of the molecule is CC(C)[C@H](N)C(=O)C[C@@H](Cc1ccccc1)[C@@H](O)[C@H]1CCc2ccc(cc2)OCCOCCCOCCNC(=O)[C@H](C(C)C)CC1=O. The van der Waals surface area contributed by atoms with E-state index in [0.717, 1.165) is 23.3 Å². The third-order valence-corrected chi connectivity index (χ3v) is 9.05. The molecule has 2 aromatic rings. The molecule has 0 aromatic heterocycles. The molecule has 0 saturated carbocycles. The Morgan fingerprint density at radius 3 is 2.26 bits per heavy atom. The Labute approximate surface area is 280 Å². The minimum atomic E-state index is -1.11. The van der Waals surface area contributed by atoms with Crippen LogP contribution in [0.1, 0.15) is 64.5 Å². The minimum absolute atomic E-state index is 0.00624. The van der Waals surface area contributed by atoms with Crippen molar-refractivity contribution in [2.45, 2.75) is 78.4 Å². The molecule has 0 fully saturated rings. The van der Waals surface area contributed by atoms with E-state index in [-0.39, 0.29) is 42.2 Å². The van der Waals surface area contributed by atoms with Crippen molar-refractivity contribution in [2.24, 2.45) is 35.3 Å². The number of hydrogen-bond donors (Lipinski definition) is 3. The lowest BCUT2D eigenvalue weighted by molar-refractivity contribution is -0.136. The predicted octanol–water partition coefficient (Wildman–Crippen LogP) is 4.56. The molecule has 2 bridgehead atoms. The molecule has 4 rings (SSSR count). The normalized spacial score (nSPS) is 21.6. The number of nitrogens with one attached hydrogen (secondary N) is 1. The van der Waals surface area contributed by atoms with Gasteiger partial charge >= 0.3 is 0 Å². The lowest BCUT2D eigenvalue weighted by Gasteiger charge is -2.31. The summed E-state index contributed by atoms with van der Waals surface area (Å²) >= 11 is 0. The molecule has 4 N–H and O–H groups in total. The summed E-state index contributed by atoms with van der Waals surface area (Å²) < 4.78 is 17.1. The standard InChI is InChI=1S/C38H56N2O7/c1-26(2)33-25-34(41)32(37(43)30(23-29-9-6-5-7-10-29)24-35(42)36(39)27(3)4)16-13-28-11-14-31(15-12-28)47-22-21-46-19-8-18-45-20-17-40-38(33)44/h5-7,9-12,14-15,26-27,30,32-33,36-37,43H,8,13,16-25,39H2,1-4H3,(H,40,44)/t30-,32+,33+,36+,37-/m1/s1. The molecule has 2 aliphatic heterocycles. The summed E-state index contributed by atoms with van der Waals surface area (Å²) in [4.78, 5) is 40.8. The Kier molecular flexibility index (Phi) is 16.6. The summed E-state index contributed by atoms with van der Waals surface area (Å²) in [6, 6.07) is 16.7. The van der Waals surface area contributed by atoms with Crippen LogP contribution in [0.25, 0.3) is 0 Å². The molecule has 5 atom stereocenters. The summed E-state index contributed by atoms with van der Waals surface area (Å²) in [5, 5.41) is 15.0. The average molecular weight is 653 g/mol. The number of hydrogen-bond acceptors (Lipinski definition) is 8. The highest BCUT2D eigenvalue weighted by atomic mass is 16.5. The topological polar surface area (TPSA) is 137 Å². The number of ether oxygens (including phenoxy) is 3. The maximum Gasteiger partial charge on any atom is 0.223 e. The van der Waals surface area contributed by atoms with Crippen LogP contribution < -0.4 is 15.8 Å². The molecule has 260 valence electrons. The first-order valence-corrected chi connectivity index (χ1v) is 17.2. The number of aryl methyl sites for hydroxylation is 1. The number of aliphatic hydroxyl groups is 1. The molecule has 2 aliphatic rings. The molecule has 0 radical (unpaired) electrons. The molecule has 9 heteroatoms. The average Bonchev–Trinajstić information content (AvgIpc) is 3.05. The van der Waals surface area contributed by atoms with Gasteiger partial charge in [-0.15, -0.1) is 0 Å². The van der Waals surface area contributed by atoms with Crippen LogP contribution in [0.5, 0.6) is 5.75 Å². The van der Waals surface area contributed by atoms with Crippen LogP contribution >= 0.6 is 0 Å². The first kappa shape index (κ1) is 38.3. The zero-order valence-electron chi connectivity index (χ0n) is 28.7. The van der Waals surface area contributed by atoms with Gasteiger partial charge in [0.2, 0.25) is 5.91 Å². The van der Waals surface area contributed by atoms with Crippen LogP contribution in [0, 0.1) is 29.6 Å².